The van der Waals surface area contributed by atoms with Gasteiger partial charge in [-0.3, -0.25) is 4.79 Å². The minimum Gasteiger partial charge on any atom is -0.299 e. The lowest BCUT2D eigenvalue weighted by Crippen LogP contribution is -2.15. The van der Waals surface area contributed by atoms with Crippen LogP contribution in [-0.4, -0.2) is 5.78 Å². The average Bonchev–Trinajstić information content (AvgIpc) is 2.38. The van der Waals surface area contributed by atoms with E-state index in [2.05, 4.69) is 0 Å². The molecule has 0 amide bonds. The molecule has 0 heterocycles. The molecule has 0 aromatic carbocycles. The number of carbonyl (C=O) groups is 1. The van der Waals surface area contributed by atoms with E-state index >= 15 is 0 Å². The topological polar surface area (TPSA) is 17.1 Å². The number of ketones is 1. The van der Waals surface area contributed by atoms with E-state index in [1.165, 1.54) is 44.9 Å². The van der Waals surface area contributed by atoms with E-state index in [0.29, 0.717) is 17.6 Å². The van der Waals surface area contributed by atoms with Crippen molar-refractivity contribution in [3.05, 3.63) is 0 Å². The fraction of sp³-hybridized carbons (Fsp3) is 0.900. The molecule has 2 aliphatic carbocycles. The molecule has 2 rings (SSSR count). The Morgan fingerprint density at radius 1 is 0.818 bits per heavy atom. The van der Waals surface area contributed by atoms with Crippen LogP contribution in [0.25, 0.3) is 0 Å². The zero-order valence-corrected chi connectivity index (χ0v) is 7.01. The second-order valence-electron chi connectivity index (χ2n) is 4.01. The highest BCUT2D eigenvalue weighted by Crippen LogP contribution is 2.36. The smallest absolute Gasteiger partial charge is 0.139 e. The Labute approximate surface area is 68.2 Å². The summed E-state index contributed by atoms with van der Waals surface area (Å²) in [6, 6.07) is 0. The lowest BCUT2D eigenvalue weighted by atomic mass is 9.90. The van der Waals surface area contributed by atoms with Gasteiger partial charge in [0.25, 0.3) is 0 Å². The van der Waals surface area contributed by atoms with E-state index in [9.17, 15) is 4.79 Å². The predicted molar refractivity (Wildman–Crippen MR) is 44.3 cm³/mol. The third-order valence-corrected chi connectivity index (χ3v) is 3.27. The number of rotatable bonds is 0. The summed E-state index contributed by atoms with van der Waals surface area (Å²) in [5.41, 5.74) is 0. The molecule has 11 heavy (non-hydrogen) atoms. The van der Waals surface area contributed by atoms with Gasteiger partial charge in [0.2, 0.25) is 0 Å². The summed E-state index contributed by atoms with van der Waals surface area (Å²) in [6.45, 7) is 0. The zero-order chi connectivity index (χ0) is 7.68. The molecule has 2 fully saturated rings. The molecule has 0 unspecified atom stereocenters. The number of hydrogen-bond acceptors (Lipinski definition) is 1. The normalized spacial score (nSPS) is 38.4. The Morgan fingerprint density at radius 2 is 1.36 bits per heavy atom. The van der Waals surface area contributed by atoms with Gasteiger partial charge in [0, 0.05) is 11.8 Å². The lowest BCUT2D eigenvalue weighted by molar-refractivity contribution is -0.124. The van der Waals surface area contributed by atoms with Crippen molar-refractivity contribution in [2.45, 2.75) is 44.9 Å². The summed E-state index contributed by atoms with van der Waals surface area (Å²) in [5.74, 6) is 1.55. The monoisotopic (exact) mass is 152 g/mol. The highest BCUT2D eigenvalue weighted by Gasteiger charge is 2.33. The highest BCUT2D eigenvalue weighted by atomic mass is 16.1. The molecule has 2 bridgehead atoms. The van der Waals surface area contributed by atoms with Gasteiger partial charge in [-0.2, -0.15) is 0 Å². The van der Waals surface area contributed by atoms with E-state index in [1.54, 1.807) is 0 Å². The molecule has 0 N–H and O–H groups in total. The maximum atomic E-state index is 11.6. The quantitative estimate of drug-likeness (QED) is 0.521. The number of carbonyl (C=O) groups excluding carboxylic acids is 1. The molecule has 1 nitrogen and oxygen atoms in total. The van der Waals surface area contributed by atoms with Crippen LogP contribution < -0.4 is 0 Å². The van der Waals surface area contributed by atoms with Crippen LogP contribution in [0.15, 0.2) is 0 Å². The Hall–Kier alpha value is -0.330. The fourth-order valence-corrected chi connectivity index (χ4v) is 2.55. The molecular formula is C10H16O. The molecule has 2 atom stereocenters. The van der Waals surface area contributed by atoms with Crippen molar-refractivity contribution in [3.8, 4) is 0 Å². The Bertz CT molecular complexity index is 146. The molecule has 2 saturated carbocycles. The van der Waals surface area contributed by atoms with E-state index in [1.807, 2.05) is 0 Å². The molecule has 62 valence electrons. The Morgan fingerprint density at radius 3 is 1.91 bits per heavy atom. The number of fused-ring (bicyclic) bond motifs is 2. The van der Waals surface area contributed by atoms with Crippen LogP contribution in [0.5, 0.6) is 0 Å². The van der Waals surface area contributed by atoms with Crippen molar-refractivity contribution in [3.63, 3.8) is 0 Å². The van der Waals surface area contributed by atoms with E-state index in [0.717, 1.165) is 0 Å². The molecule has 0 aliphatic heterocycles. The van der Waals surface area contributed by atoms with Crippen molar-refractivity contribution < 1.29 is 4.79 Å². The minimum absolute atomic E-state index is 0.472. The molecule has 0 saturated heterocycles. The minimum atomic E-state index is 0.472. The summed E-state index contributed by atoms with van der Waals surface area (Å²) in [4.78, 5) is 11.6. The average molecular weight is 152 g/mol. The SMILES string of the molecule is O=C1[C@@H]2CCCCC[C@H]1CC2. The van der Waals surface area contributed by atoms with Gasteiger partial charge in [0.15, 0.2) is 0 Å². The highest BCUT2D eigenvalue weighted by molar-refractivity contribution is 5.85. The number of hydrogen-bond donors (Lipinski definition) is 0. The molecule has 0 spiro atoms. The van der Waals surface area contributed by atoms with Crippen LogP contribution in [0, 0.1) is 11.8 Å². The van der Waals surface area contributed by atoms with E-state index in [4.69, 9.17) is 0 Å². The summed E-state index contributed by atoms with van der Waals surface area (Å²) >= 11 is 0. The molecule has 1 heteroatoms. The third-order valence-electron chi connectivity index (χ3n) is 3.27. The summed E-state index contributed by atoms with van der Waals surface area (Å²) in [7, 11) is 0. The van der Waals surface area contributed by atoms with Gasteiger partial charge < -0.3 is 0 Å². The van der Waals surface area contributed by atoms with Gasteiger partial charge in [0.1, 0.15) is 5.78 Å². The molecule has 2 aliphatic rings. The lowest BCUT2D eigenvalue weighted by Gasteiger charge is -2.13. The van der Waals surface area contributed by atoms with Crippen molar-refractivity contribution in [2.75, 3.05) is 0 Å². The predicted octanol–water partition coefficient (Wildman–Crippen LogP) is 2.55. The van der Waals surface area contributed by atoms with Crippen LogP contribution in [0.2, 0.25) is 0 Å². The van der Waals surface area contributed by atoms with Crippen LogP contribution >= 0.6 is 0 Å². The van der Waals surface area contributed by atoms with Crippen LogP contribution in [0.1, 0.15) is 44.9 Å². The van der Waals surface area contributed by atoms with E-state index in [-0.39, 0.29) is 0 Å². The maximum absolute atomic E-state index is 11.6. The van der Waals surface area contributed by atoms with E-state index < -0.39 is 0 Å². The standard InChI is InChI=1S/C10H16O/c11-10-8-4-2-1-3-5-9(10)7-6-8/h8-9H,1-7H2/t8-,9+. The summed E-state index contributed by atoms with van der Waals surface area (Å²) in [5, 5.41) is 0. The Balaban J connectivity index is 2.06. The van der Waals surface area contributed by atoms with Crippen molar-refractivity contribution >= 4 is 5.78 Å². The molecule has 0 aromatic rings. The largest absolute Gasteiger partial charge is 0.299 e. The molecule has 0 aromatic heterocycles. The first-order chi connectivity index (χ1) is 5.38. The van der Waals surface area contributed by atoms with Gasteiger partial charge >= 0.3 is 0 Å². The van der Waals surface area contributed by atoms with Crippen molar-refractivity contribution in [2.24, 2.45) is 11.8 Å². The van der Waals surface area contributed by atoms with Gasteiger partial charge in [0.05, 0.1) is 0 Å². The van der Waals surface area contributed by atoms with Gasteiger partial charge in [-0.05, 0) is 25.7 Å². The van der Waals surface area contributed by atoms with Gasteiger partial charge in [-0.1, -0.05) is 19.3 Å². The first kappa shape index (κ1) is 7.33. The van der Waals surface area contributed by atoms with Crippen LogP contribution in [0.3, 0.4) is 0 Å². The van der Waals surface area contributed by atoms with Crippen LogP contribution in [0.4, 0.5) is 0 Å². The molecular weight excluding hydrogens is 136 g/mol. The third kappa shape index (κ3) is 1.33. The zero-order valence-electron chi connectivity index (χ0n) is 7.01. The van der Waals surface area contributed by atoms with Gasteiger partial charge in [-0.25, -0.2) is 0 Å². The fourth-order valence-electron chi connectivity index (χ4n) is 2.55. The maximum Gasteiger partial charge on any atom is 0.139 e. The van der Waals surface area contributed by atoms with Gasteiger partial charge in [-0.15, -0.1) is 0 Å². The first-order valence-corrected chi connectivity index (χ1v) is 4.91. The summed E-state index contributed by atoms with van der Waals surface area (Å²) < 4.78 is 0. The van der Waals surface area contributed by atoms with Crippen LogP contribution in [-0.2, 0) is 4.79 Å². The number of Topliss-reactive ketones (excluding diaryl/α,β-unsaturated/α-hetero) is 1. The second-order valence-corrected chi connectivity index (χ2v) is 4.01. The first-order valence-electron chi connectivity index (χ1n) is 4.91. The molecule has 0 radical (unpaired) electrons. The summed E-state index contributed by atoms with van der Waals surface area (Å²) in [6.07, 6.45) is 8.73. The van der Waals surface area contributed by atoms with Crippen molar-refractivity contribution in [1.29, 1.82) is 0 Å². The Kier molecular flexibility index (Phi) is 1.97. The van der Waals surface area contributed by atoms with Crippen molar-refractivity contribution in [1.82, 2.24) is 0 Å². The second kappa shape index (κ2) is 2.96.